The Morgan fingerprint density at radius 2 is 0.403 bits per heavy atom. The van der Waals surface area contributed by atoms with E-state index in [1.165, 1.54) is 87.5 Å². The normalized spacial score (nSPS) is 19.8. The van der Waals surface area contributed by atoms with Crippen molar-refractivity contribution in [3.8, 4) is 0 Å². The van der Waals surface area contributed by atoms with Crippen LogP contribution in [0.2, 0.25) is 5.02 Å². The largest absolute Gasteiger partial charge is 0.337 e. The lowest BCUT2D eigenvalue weighted by Gasteiger charge is -2.30. The monoisotopic (exact) mass is 1810 g/mol. The molecule has 0 amide bonds. The molecule has 0 bridgehead atoms. The number of benzene rings is 15. The predicted molar refractivity (Wildman–Crippen MR) is 533 cm³/mol. The average Bonchev–Trinajstić information content (AvgIpc) is 1.64. The van der Waals surface area contributed by atoms with Gasteiger partial charge in [-0.2, -0.15) is 0 Å². The Labute approximate surface area is 758 Å². The third kappa shape index (κ3) is 19.6. The molecule has 5 heterocycles. The second kappa shape index (κ2) is 40.4. The standard InChI is InChI=1S/C23H22N2.C22H19BrN2.C22H19ClN2.C22H19IN2.C22H20N2/c1-17-13-15-21(16-14-17)25-18(2)22(19-9-5-3-6-10-19)24-23(25)20-11-7-4-8-12-20;3*1-16-21(17-8-4-2-5-9-17)24-22(18-10-6-3-7-11-18)25(16)20-14-12-19(23)13-15-20;1-17-21(18-11-5-2-6-12-18)23-22(19-13-7-3-8-14-19)24(17)20-15-9-4-10-16-20/h3-16,18,23H,1-2H3;3*2-16,22H,1H3;2-17,22H,1H3. The Morgan fingerprint density at radius 3 is 0.629 bits per heavy atom. The zero-order chi connectivity index (χ0) is 85.3. The SMILES string of the molecule is CC1C(c2ccccc2)=NC(c2ccccc2)N1c1ccc(Br)cc1.CC1C(c2ccccc2)=NC(c2ccccc2)N1c1ccc(Cl)cc1.CC1C(c2ccccc2)=NC(c2ccccc2)N1c1ccc(I)cc1.CC1C(c2ccccc2)=NC(c2ccccc2)N1c1ccccc1.Cc1ccc(N2C(C)C(c3ccccc3)=NC2c2ccccc2)cc1. The minimum Gasteiger partial charge on any atom is -0.337 e. The lowest BCUT2D eigenvalue weighted by atomic mass is 10.0. The molecule has 10 nitrogen and oxygen atoms in total. The van der Waals surface area contributed by atoms with Gasteiger partial charge < -0.3 is 24.5 Å². The van der Waals surface area contributed by atoms with Crippen LogP contribution in [0.15, 0.2) is 460 Å². The summed E-state index contributed by atoms with van der Waals surface area (Å²) in [6, 6.07) is 151. The summed E-state index contributed by atoms with van der Waals surface area (Å²) in [5.74, 6) is 0. The van der Waals surface area contributed by atoms with Gasteiger partial charge in [0.25, 0.3) is 0 Å². The molecule has 10 unspecified atom stereocenters. The van der Waals surface area contributed by atoms with Crippen LogP contribution in [0.1, 0.15) is 127 Å². The Morgan fingerprint density at radius 1 is 0.226 bits per heavy atom. The Kier molecular flexibility index (Phi) is 27.6. The molecule has 0 saturated heterocycles. The van der Waals surface area contributed by atoms with Crippen LogP contribution in [0.25, 0.3) is 0 Å². The van der Waals surface area contributed by atoms with Crippen molar-refractivity contribution in [3.63, 3.8) is 0 Å². The highest BCUT2D eigenvalue weighted by atomic mass is 127. The van der Waals surface area contributed by atoms with Gasteiger partial charge in [0.15, 0.2) is 0 Å². The molecule has 614 valence electrons. The summed E-state index contributed by atoms with van der Waals surface area (Å²) in [5, 5.41) is 0.746. The Balaban J connectivity index is 0.000000115. The van der Waals surface area contributed by atoms with Crippen LogP contribution in [-0.4, -0.2) is 58.8 Å². The topological polar surface area (TPSA) is 78.0 Å². The molecule has 124 heavy (non-hydrogen) atoms. The minimum atomic E-state index is -0.0346. The highest BCUT2D eigenvalue weighted by Crippen LogP contribution is 2.44. The van der Waals surface area contributed by atoms with Gasteiger partial charge in [0.1, 0.15) is 30.8 Å². The molecule has 0 spiro atoms. The molecule has 0 fully saturated rings. The molecule has 20 rings (SSSR count). The predicted octanol–water partition coefficient (Wildman–Crippen LogP) is 27.7. The van der Waals surface area contributed by atoms with E-state index in [1.807, 2.05) is 42.5 Å². The summed E-state index contributed by atoms with van der Waals surface area (Å²) in [4.78, 5) is 37.6. The lowest BCUT2D eigenvalue weighted by Crippen LogP contribution is -2.35. The molecule has 0 aromatic heterocycles. The van der Waals surface area contributed by atoms with Gasteiger partial charge in [-0.15, -0.1) is 0 Å². The van der Waals surface area contributed by atoms with E-state index in [0.29, 0.717) is 0 Å². The average molecular weight is 1820 g/mol. The van der Waals surface area contributed by atoms with E-state index in [2.05, 4.69) is 493 Å². The summed E-state index contributed by atoms with van der Waals surface area (Å²) in [7, 11) is 0. The number of hydrogen-bond donors (Lipinski definition) is 0. The summed E-state index contributed by atoms with van der Waals surface area (Å²) >= 11 is 12.0. The van der Waals surface area contributed by atoms with Crippen LogP contribution in [0.3, 0.4) is 0 Å². The van der Waals surface area contributed by atoms with E-state index >= 15 is 0 Å². The fourth-order valence-corrected chi connectivity index (χ4v) is 17.9. The van der Waals surface area contributed by atoms with Gasteiger partial charge >= 0.3 is 0 Å². The third-order valence-corrected chi connectivity index (χ3v) is 24.8. The molecule has 10 atom stereocenters. The number of aryl methyl sites for hydroxylation is 1. The first-order valence-corrected chi connectivity index (χ1v) is 44.8. The zero-order valence-corrected chi connectivity index (χ0v) is 74.9. The summed E-state index contributed by atoms with van der Waals surface area (Å²) in [5.41, 5.74) is 24.9. The number of anilines is 5. The van der Waals surface area contributed by atoms with Gasteiger partial charge in [-0.05, 0) is 217 Å². The molecule has 0 saturated carbocycles. The summed E-state index contributed by atoms with van der Waals surface area (Å²) in [6.07, 6.45) is -0.0143. The van der Waals surface area contributed by atoms with E-state index in [1.54, 1.807) is 0 Å². The second-order valence-corrected chi connectivity index (χ2v) is 33.9. The van der Waals surface area contributed by atoms with Gasteiger partial charge in [0, 0.05) is 41.5 Å². The van der Waals surface area contributed by atoms with Crippen molar-refractivity contribution >= 4 is 107 Å². The maximum atomic E-state index is 6.09. The van der Waals surface area contributed by atoms with Crippen LogP contribution in [0, 0.1) is 10.5 Å². The van der Waals surface area contributed by atoms with Crippen molar-refractivity contribution in [2.24, 2.45) is 25.0 Å². The first-order chi connectivity index (χ1) is 60.8. The van der Waals surface area contributed by atoms with Crippen LogP contribution in [-0.2, 0) is 0 Å². The smallest absolute Gasteiger partial charge is 0.148 e. The quantitative estimate of drug-likeness (QED) is 0.0956. The minimum absolute atomic E-state index is 0.00599. The fourth-order valence-electron chi connectivity index (χ4n) is 17.1. The Hall–Kier alpha value is -12.9. The lowest BCUT2D eigenvalue weighted by molar-refractivity contribution is 0.675. The highest BCUT2D eigenvalue weighted by molar-refractivity contribution is 14.1. The van der Waals surface area contributed by atoms with Crippen molar-refractivity contribution in [1.82, 2.24) is 0 Å². The van der Waals surface area contributed by atoms with Gasteiger partial charge in [-0.25, -0.2) is 0 Å². The van der Waals surface area contributed by atoms with Crippen LogP contribution in [0.5, 0.6) is 0 Å². The molecule has 5 aliphatic rings. The molecule has 15 aromatic rings. The number of rotatable bonds is 15. The van der Waals surface area contributed by atoms with E-state index in [9.17, 15) is 0 Å². The van der Waals surface area contributed by atoms with Gasteiger partial charge in [-0.1, -0.05) is 367 Å². The van der Waals surface area contributed by atoms with E-state index in [0.717, 1.165) is 43.7 Å². The third-order valence-electron chi connectivity index (χ3n) is 23.3. The number of para-hydroxylation sites is 1. The molecule has 5 aliphatic heterocycles. The number of aliphatic imine (C=N–C) groups is 5. The fraction of sp³-hybridized carbons (Fsp3) is 0.144. The number of hydrogen-bond acceptors (Lipinski definition) is 10. The molecule has 0 N–H and O–H groups in total. The van der Waals surface area contributed by atoms with Crippen molar-refractivity contribution < 1.29 is 0 Å². The van der Waals surface area contributed by atoms with Crippen molar-refractivity contribution in [2.45, 2.75) is 103 Å². The van der Waals surface area contributed by atoms with Crippen molar-refractivity contribution in [1.29, 1.82) is 0 Å². The van der Waals surface area contributed by atoms with Crippen LogP contribution >= 0.6 is 50.1 Å². The van der Waals surface area contributed by atoms with Crippen LogP contribution in [0.4, 0.5) is 28.4 Å². The maximum Gasteiger partial charge on any atom is 0.148 e. The second-order valence-electron chi connectivity index (χ2n) is 31.3. The maximum absolute atomic E-state index is 6.09. The zero-order valence-electron chi connectivity index (χ0n) is 70.4. The van der Waals surface area contributed by atoms with E-state index in [-0.39, 0.29) is 61.0 Å². The van der Waals surface area contributed by atoms with Crippen molar-refractivity contribution in [2.75, 3.05) is 24.5 Å². The van der Waals surface area contributed by atoms with Crippen LogP contribution < -0.4 is 24.5 Å². The van der Waals surface area contributed by atoms with Gasteiger partial charge in [0.2, 0.25) is 0 Å². The molecule has 13 heteroatoms. The first-order valence-electron chi connectivity index (χ1n) is 42.5. The van der Waals surface area contributed by atoms with E-state index in [4.69, 9.17) is 36.6 Å². The Bertz CT molecular complexity index is 5460. The molecular formula is C111H99BrClIN10. The number of halogens is 3. The summed E-state index contributed by atoms with van der Waals surface area (Å²) in [6.45, 7) is 13.3. The molecule has 15 aromatic carbocycles. The summed E-state index contributed by atoms with van der Waals surface area (Å²) < 4.78 is 2.33. The van der Waals surface area contributed by atoms with E-state index < -0.39 is 0 Å². The van der Waals surface area contributed by atoms with Gasteiger partial charge in [0.05, 0.1) is 58.8 Å². The van der Waals surface area contributed by atoms with Crippen molar-refractivity contribution in [3.05, 3.63) is 505 Å². The number of nitrogens with zero attached hydrogens (tertiary/aromatic N) is 10. The molecule has 0 aliphatic carbocycles. The molecule has 0 radical (unpaired) electrons. The highest BCUT2D eigenvalue weighted by Gasteiger charge is 2.40. The first kappa shape index (κ1) is 84.7. The molecular weight excluding hydrogens is 1720 g/mol. The van der Waals surface area contributed by atoms with Gasteiger partial charge in [-0.3, -0.25) is 25.0 Å².